The molecule has 126 valence electrons. The van der Waals surface area contributed by atoms with Crippen LogP contribution in [0.25, 0.3) is 0 Å². The van der Waals surface area contributed by atoms with Crippen molar-refractivity contribution in [2.24, 2.45) is 0 Å². The first-order chi connectivity index (χ1) is 12.4. The first-order valence-corrected chi connectivity index (χ1v) is 7.86. The van der Waals surface area contributed by atoms with E-state index in [1.165, 1.54) is 0 Å². The molecule has 0 atom stereocenters. The van der Waals surface area contributed by atoms with Crippen molar-refractivity contribution in [3.63, 3.8) is 0 Å². The van der Waals surface area contributed by atoms with Gasteiger partial charge in [-0.3, -0.25) is 4.98 Å². The summed E-state index contributed by atoms with van der Waals surface area (Å²) in [6, 6.07) is 9.48. The Morgan fingerprint density at radius 1 is 1.00 bits per heavy atom. The molecule has 0 fully saturated rings. The standard InChI is InChI=1S/C17H16N6O2/c1-2-14-15(25-8-7-24-14)9-13(1)21-17-22-16(11-20-23-17)19-10-12-3-5-18-6-4-12/h1-6,9,11H,7-8,10H2,(H2,19,21,22,23). The highest BCUT2D eigenvalue weighted by molar-refractivity contribution is 5.60. The number of pyridine rings is 1. The first-order valence-electron chi connectivity index (χ1n) is 7.86. The Bertz CT molecular complexity index is 859. The van der Waals surface area contributed by atoms with E-state index in [0.717, 1.165) is 17.0 Å². The van der Waals surface area contributed by atoms with Gasteiger partial charge in [-0.05, 0) is 29.8 Å². The largest absolute Gasteiger partial charge is 0.486 e. The molecule has 25 heavy (non-hydrogen) atoms. The molecule has 1 aliphatic rings. The number of rotatable bonds is 5. The third-order valence-electron chi connectivity index (χ3n) is 3.58. The number of benzene rings is 1. The van der Waals surface area contributed by atoms with Crippen molar-refractivity contribution in [3.05, 3.63) is 54.5 Å². The van der Waals surface area contributed by atoms with Gasteiger partial charge in [-0.15, -0.1) is 5.10 Å². The van der Waals surface area contributed by atoms with E-state index >= 15 is 0 Å². The van der Waals surface area contributed by atoms with E-state index in [4.69, 9.17) is 9.47 Å². The van der Waals surface area contributed by atoms with E-state index in [1.54, 1.807) is 18.6 Å². The van der Waals surface area contributed by atoms with Gasteiger partial charge in [0.25, 0.3) is 0 Å². The molecule has 4 rings (SSSR count). The Morgan fingerprint density at radius 3 is 2.72 bits per heavy atom. The number of aromatic nitrogens is 4. The summed E-state index contributed by atoms with van der Waals surface area (Å²) in [6.45, 7) is 1.74. The fourth-order valence-electron chi connectivity index (χ4n) is 2.39. The average molecular weight is 336 g/mol. The number of fused-ring (bicyclic) bond motifs is 1. The summed E-state index contributed by atoms with van der Waals surface area (Å²) in [5, 5.41) is 14.3. The topological polar surface area (TPSA) is 94.1 Å². The number of nitrogens with zero attached hydrogens (tertiary/aromatic N) is 4. The van der Waals surface area contributed by atoms with Crippen LogP contribution in [0.1, 0.15) is 5.56 Å². The van der Waals surface area contributed by atoms with Gasteiger partial charge >= 0.3 is 0 Å². The summed E-state index contributed by atoms with van der Waals surface area (Å²) in [6.07, 6.45) is 5.09. The monoisotopic (exact) mass is 336 g/mol. The molecule has 0 spiro atoms. The molecular weight excluding hydrogens is 320 g/mol. The van der Waals surface area contributed by atoms with Gasteiger partial charge < -0.3 is 20.1 Å². The van der Waals surface area contributed by atoms with Crippen LogP contribution in [0.4, 0.5) is 17.5 Å². The Hall–Kier alpha value is -3.42. The van der Waals surface area contributed by atoms with Crippen LogP contribution in [0, 0.1) is 0 Å². The van der Waals surface area contributed by atoms with Crippen LogP contribution in [-0.2, 0) is 6.54 Å². The fourth-order valence-corrected chi connectivity index (χ4v) is 2.39. The van der Waals surface area contributed by atoms with Gasteiger partial charge in [-0.1, -0.05) is 0 Å². The minimum Gasteiger partial charge on any atom is -0.486 e. The minimum atomic E-state index is 0.399. The van der Waals surface area contributed by atoms with Crippen molar-refractivity contribution in [3.8, 4) is 11.5 Å². The number of hydrogen-bond donors (Lipinski definition) is 2. The third-order valence-corrected chi connectivity index (χ3v) is 3.58. The molecule has 0 aliphatic carbocycles. The van der Waals surface area contributed by atoms with Gasteiger partial charge in [-0.2, -0.15) is 10.1 Å². The molecule has 1 aromatic carbocycles. The number of nitrogens with one attached hydrogen (secondary N) is 2. The molecule has 0 radical (unpaired) electrons. The van der Waals surface area contributed by atoms with Gasteiger partial charge in [0.1, 0.15) is 13.2 Å². The zero-order chi connectivity index (χ0) is 16.9. The normalized spacial score (nSPS) is 12.5. The van der Waals surface area contributed by atoms with Crippen LogP contribution in [-0.4, -0.2) is 33.4 Å². The third kappa shape index (κ3) is 3.74. The second kappa shape index (κ2) is 7.00. The highest BCUT2D eigenvalue weighted by Crippen LogP contribution is 2.33. The molecule has 0 amide bonds. The average Bonchev–Trinajstić information content (AvgIpc) is 2.67. The van der Waals surface area contributed by atoms with Crippen LogP contribution >= 0.6 is 0 Å². The molecule has 0 bridgehead atoms. The van der Waals surface area contributed by atoms with Crippen molar-refractivity contribution in [2.75, 3.05) is 23.8 Å². The molecule has 1 aliphatic heterocycles. The summed E-state index contributed by atoms with van der Waals surface area (Å²) in [4.78, 5) is 8.41. The summed E-state index contributed by atoms with van der Waals surface area (Å²) in [5.74, 6) is 2.48. The van der Waals surface area contributed by atoms with Crippen molar-refractivity contribution in [2.45, 2.75) is 6.54 Å². The van der Waals surface area contributed by atoms with Crippen molar-refractivity contribution in [1.82, 2.24) is 20.2 Å². The van der Waals surface area contributed by atoms with E-state index in [0.29, 0.717) is 37.3 Å². The lowest BCUT2D eigenvalue weighted by atomic mass is 10.2. The van der Waals surface area contributed by atoms with Crippen LogP contribution in [0.5, 0.6) is 11.5 Å². The van der Waals surface area contributed by atoms with Crippen LogP contribution in [0.3, 0.4) is 0 Å². The number of hydrogen-bond acceptors (Lipinski definition) is 8. The van der Waals surface area contributed by atoms with Gasteiger partial charge in [0.2, 0.25) is 5.95 Å². The molecule has 0 saturated heterocycles. The van der Waals surface area contributed by atoms with Crippen LogP contribution in [0.15, 0.2) is 48.9 Å². The van der Waals surface area contributed by atoms with E-state index in [2.05, 4.69) is 30.8 Å². The Morgan fingerprint density at radius 2 is 1.84 bits per heavy atom. The van der Waals surface area contributed by atoms with E-state index in [1.807, 2.05) is 30.3 Å². The van der Waals surface area contributed by atoms with Crippen LogP contribution in [0.2, 0.25) is 0 Å². The van der Waals surface area contributed by atoms with Gasteiger partial charge in [0.15, 0.2) is 17.3 Å². The van der Waals surface area contributed by atoms with E-state index in [-0.39, 0.29) is 0 Å². The summed E-state index contributed by atoms with van der Waals surface area (Å²) >= 11 is 0. The van der Waals surface area contributed by atoms with Gasteiger partial charge in [-0.25, -0.2) is 0 Å². The van der Waals surface area contributed by atoms with Crippen molar-refractivity contribution >= 4 is 17.5 Å². The molecule has 0 unspecified atom stereocenters. The van der Waals surface area contributed by atoms with E-state index < -0.39 is 0 Å². The predicted molar refractivity (Wildman–Crippen MR) is 92.1 cm³/mol. The second-order valence-electron chi connectivity index (χ2n) is 5.36. The molecule has 0 saturated carbocycles. The number of ether oxygens (including phenoxy) is 2. The summed E-state index contributed by atoms with van der Waals surface area (Å²) in [5.41, 5.74) is 1.91. The highest BCUT2D eigenvalue weighted by atomic mass is 16.6. The lowest BCUT2D eigenvalue weighted by Gasteiger charge is -2.18. The lowest BCUT2D eigenvalue weighted by molar-refractivity contribution is 0.171. The highest BCUT2D eigenvalue weighted by Gasteiger charge is 2.12. The van der Waals surface area contributed by atoms with Crippen molar-refractivity contribution < 1.29 is 9.47 Å². The molecule has 3 aromatic rings. The molecule has 2 N–H and O–H groups in total. The Labute approximate surface area is 144 Å². The lowest BCUT2D eigenvalue weighted by Crippen LogP contribution is -2.15. The number of anilines is 3. The van der Waals surface area contributed by atoms with Crippen LogP contribution < -0.4 is 20.1 Å². The molecule has 8 nitrogen and oxygen atoms in total. The molecule has 8 heteroatoms. The quantitative estimate of drug-likeness (QED) is 0.733. The Balaban J connectivity index is 1.44. The molecule has 3 heterocycles. The zero-order valence-corrected chi connectivity index (χ0v) is 13.3. The smallest absolute Gasteiger partial charge is 0.249 e. The first kappa shape index (κ1) is 15.1. The Kier molecular flexibility index (Phi) is 4.23. The summed E-state index contributed by atoms with van der Waals surface area (Å²) < 4.78 is 11.1. The molecular formula is C17H16N6O2. The van der Waals surface area contributed by atoms with Gasteiger partial charge in [0.05, 0.1) is 6.20 Å². The van der Waals surface area contributed by atoms with E-state index in [9.17, 15) is 0 Å². The molecule has 2 aromatic heterocycles. The minimum absolute atomic E-state index is 0.399. The maximum atomic E-state index is 5.57. The maximum Gasteiger partial charge on any atom is 0.249 e. The predicted octanol–water partition coefficient (Wildman–Crippen LogP) is 2.39. The maximum absolute atomic E-state index is 5.57. The SMILES string of the molecule is c1cc(CNc2cnnc(Nc3ccc4c(c3)OCCO4)n2)ccn1. The fraction of sp³-hybridized carbons (Fsp3) is 0.176. The van der Waals surface area contributed by atoms with Gasteiger partial charge in [0, 0.05) is 30.7 Å². The zero-order valence-electron chi connectivity index (χ0n) is 13.3. The summed E-state index contributed by atoms with van der Waals surface area (Å²) in [7, 11) is 0. The second-order valence-corrected chi connectivity index (χ2v) is 5.36. The van der Waals surface area contributed by atoms with Crippen molar-refractivity contribution in [1.29, 1.82) is 0 Å².